The summed E-state index contributed by atoms with van der Waals surface area (Å²) in [6.45, 7) is 0. The van der Waals surface area contributed by atoms with Crippen LogP contribution in [0.4, 0.5) is 0 Å². The summed E-state index contributed by atoms with van der Waals surface area (Å²) in [6.07, 6.45) is 0. The van der Waals surface area contributed by atoms with Crippen molar-refractivity contribution in [3.8, 4) is 0 Å². The van der Waals surface area contributed by atoms with Crippen LogP contribution < -0.4 is 0 Å². The van der Waals surface area contributed by atoms with Crippen LogP contribution in [0, 0.1) is 0 Å². The van der Waals surface area contributed by atoms with Crippen LogP contribution in [0.3, 0.4) is 0 Å². The zero-order chi connectivity index (χ0) is 2.00. The van der Waals surface area contributed by atoms with Crippen LogP contribution in [-0.2, 0) is 61.3 Å². The number of hydrogen-bond acceptors (Lipinski definition) is 1. The van der Waals surface area contributed by atoms with Crippen molar-refractivity contribution in [2.24, 2.45) is 0 Å². The van der Waals surface area contributed by atoms with Gasteiger partial charge in [-0.15, -0.1) is 0 Å². The van der Waals surface area contributed by atoms with Gasteiger partial charge in [0.2, 0.25) is 0 Å². The first-order chi connectivity index (χ1) is 1.00. The quantitative estimate of drug-likeness (QED) is 0.518. The predicted molar refractivity (Wildman–Crippen MR) is 0.686 cm³/mol. The third kappa shape index (κ3) is 9.34. The summed E-state index contributed by atoms with van der Waals surface area (Å²) in [4.78, 5) is 0. The molecule has 0 aromatic carbocycles. The van der Waals surface area contributed by atoms with Gasteiger partial charge in [0.15, 0.2) is 0 Å². The fraction of sp³-hybridized carbons (Fsp3) is 0. The third-order valence-corrected chi connectivity index (χ3v) is 0. The topological polar surface area (TPSA) is 17.1 Å². The van der Waals surface area contributed by atoms with E-state index in [0.29, 0.717) is 0 Å². The van der Waals surface area contributed by atoms with E-state index in [1.54, 1.807) is 0 Å². The molecule has 0 aromatic rings. The van der Waals surface area contributed by atoms with E-state index in [4.69, 9.17) is 3.32 Å². The molecule has 0 heterocycles. The minimum atomic E-state index is 0. The average molecular weight is 218 g/mol. The molecule has 26 valence electrons. The van der Waals surface area contributed by atoms with Gasteiger partial charge in [-0.05, 0) is 0 Å². The molecule has 0 aliphatic carbocycles. The summed E-state index contributed by atoms with van der Waals surface area (Å²) < 4.78 is 8.25. The molecule has 4 heavy (non-hydrogen) atoms. The van der Waals surface area contributed by atoms with Crippen molar-refractivity contribution < 1.29 is 61.3 Å². The average Bonchev–Trinajstić information content (AvgIpc) is 1.00. The van der Waals surface area contributed by atoms with Gasteiger partial charge >= 0.3 is 23.7 Å². The monoisotopic (exact) mass is 220 g/mol. The van der Waals surface area contributed by atoms with Crippen LogP contribution in [0.5, 0.6) is 0 Å². The maximum absolute atomic E-state index is 8.25. The zero-order valence-corrected chi connectivity index (χ0v) is 6.19. The zero-order valence-electron chi connectivity index (χ0n) is 1.63. The second kappa shape index (κ2) is 22.3. The fourth-order valence-electron chi connectivity index (χ4n) is 0. The molecule has 0 saturated heterocycles. The summed E-state index contributed by atoms with van der Waals surface area (Å²) in [5.74, 6) is 0. The molecule has 0 rings (SSSR count). The molecule has 0 atom stereocenters. The van der Waals surface area contributed by atoms with Gasteiger partial charge in [-0.25, -0.2) is 0 Å². The second-order valence-electron chi connectivity index (χ2n) is 0. The van der Waals surface area contributed by atoms with Crippen molar-refractivity contribution in [3.63, 3.8) is 0 Å². The molecule has 0 saturated carbocycles. The van der Waals surface area contributed by atoms with Crippen molar-refractivity contribution >= 4 is 0 Å². The van der Waals surface area contributed by atoms with Gasteiger partial charge in [-0.1, -0.05) is 0 Å². The summed E-state index contributed by atoms with van der Waals surface area (Å²) in [5, 5.41) is 0. The molecule has 0 aromatic heterocycles. The molecule has 0 bridgehead atoms. The molecule has 0 unspecified atom stereocenters. The Kier molecular flexibility index (Phi) is 96.3. The molecule has 0 spiro atoms. The Balaban J connectivity index is -0.00000000500. The van der Waals surface area contributed by atoms with Crippen molar-refractivity contribution in [2.75, 3.05) is 0 Å². The molecule has 4 heteroatoms. The van der Waals surface area contributed by atoms with E-state index in [0.717, 1.165) is 20.4 Å². The molecular weight excluding hydrogens is 218 g/mol. The molecule has 0 amide bonds. The Morgan fingerprint density at radius 1 is 1.25 bits per heavy atom. The summed E-state index contributed by atoms with van der Waals surface area (Å²) >= 11 is 0.750. The molecular formula is MoNiOTi. The van der Waals surface area contributed by atoms with Crippen molar-refractivity contribution in [1.82, 2.24) is 0 Å². The maximum atomic E-state index is 8.25. The fourth-order valence-corrected chi connectivity index (χ4v) is 0. The van der Waals surface area contributed by atoms with Crippen LogP contribution >= 0.6 is 0 Å². The summed E-state index contributed by atoms with van der Waals surface area (Å²) in [7, 11) is 0. The van der Waals surface area contributed by atoms with E-state index in [-0.39, 0.29) is 37.6 Å². The Morgan fingerprint density at radius 2 is 1.25 bits per heavy atom. The van der Waals surface area contributed by atoms with E-state index in [1.807, 2.05) is 0 Å². The second-order valence-corrected chi connectivity index (χ2v) is 0. The molecule has 0 radical (unpaired) electrons. The number of rotatable bonds is 0. The molecule has 0 fully saturated rings. The standard InChI is InChI=1S/Mo.Ni.O.Ti. The van der Waals surface area contributed by atoms with E-state index in [2.05, 4.69) is 0 Å². The Morgan fingerprint density at radius 3 is 1.25 bits per heavy atom. The Hall–Kier alpha value is 1.70. The van der Waals surface area contributed by atoms with E-state index in [1.165, 1.54) is 0 Å². The van der Waals surface area contributed by atoms with Crippen molar-refractivity contribution in [2.45, 2.75) is 0 Å². The SMILES string of the molecule is [Mo].[Ni].[O]=[Ti]. The van der Waals surface area contributed by atoms with Gasteiger partial charge in [0, 0.05) is 37.6 Å². The Labute approximate surface area is 60.8 Å². The van der Waals surface area contributed by atoms with E-state index < -0.39 is 0 Å². The first kappa shape index (κ1) is 17.3. The first-order valence-corrected chi connectivity index (χ1v) is 0.842. The third-order valence-electron chi connectivity index (χ3n) is 0. The summed E-state index contributed by atoms with van der Waals surface area (Å²) in [6, 6.07) is 0. The molecule has 0 aliphatic heterocycles. The van der Waals surface area contributed by atoms with Crippen LogP contribution in [0.1, 0.15) is 0 Å². The van der Waals surface area contributed by atoms with E-state index >= 15 is 0 Å². The van der Waals surface area contributed by atoms with Crippen LogP contribution in [0.15, 0.2) is 0 Å². The van der Waals surface area contributed by atoms with Gasteiger partial charge in [0.05, 0.1) is 0 Å². The van der Waals surface area contributed by atoms with Crippen LogP contribution in [-0.4, -0.2) is 0 Å². The number of hydrogen-bond donors (Lipinski definition) is 0. The van der Waals surface area contributed by atoms with Gasteiger partial charge in [0.25, 0.3) is 0 Å². The van der Waals surface area contributed by atoms with Crippen LogP contribution in [0.25, 0.3) is 0 Å². The van der Waals surface area contributed by atoms with Gasteiger partial charge < -0.3 is 0 Å². The van der Waals surface area contributed by atoms with Gasteiger partial charge in [0.1, 0.15) is 0 Å². The first-order valence-electron chi connectivity index (χ1n) is 0.204. The van der Waals surface area contributed by atoms with Gasteiger partial charge in [-0.3, -0.25) is 0 Å². The molecule has 1 nitrogen and oxygen atoms in total. The summed E-state index contributed by atoms with van der Waals surface area (Å²) in [5.41, 5.74) is 0. The predicted octanol–water partition coefficient (Wildman–Crippen LogP) is -0.126. The Bertz CT molecular complexity index is 8.00. The minimum absolute atomic E-state index is 0. The van der Waals surface area contributed by atoms with Gasteiger partial charge in [-0.2, -0.15) is 0 Å². The van der Waals surface area contributed by atoms with Crippen molar-refractivity contribution in [1.29, 1.82) is 0 Å². The molecule has 0 N–H and O–H groups in total. The normalized spacial score (nSPS) is 0.750. The van der Waals surface area contributed by atoms with Crippen LogP contribution in [0.2, 0.25) is 0 Å². The molecule has 0 aliphatic rings. The van der Waals surface area contributed by atoms with E-state index in [9.17, 15) is 0 Å². The van der Waals surface area contributed by atoms with Crippen molar-refractivity contribution in [3.05, 3.63) is 0 Å².